The van der Waals surface area contributed by atoms with Crippen LogP contribution in [0.5, 0.6) is 0 Å². The van der Waals surface area contributed by atoms with Crippen molar-refractivity contribution in [3.8, 4) is 0 Å². The minimum Gasteiger partial charge on any atom is -0.481 e. The van der Waals surface area contributed by atoms with E-state index in [0.29, 0.717) is 25.7 Å². The van der Waals surface area contributed by atoms with Crippen LogP contribution in [0.15, 0.2) is 0 Å². The van der Waals surface area contributed by atoms with E-state index in [4.69, 9.17) is 10.2 Å². The van der Waals surface area contributed by atoms with Gasteiger partial charge in [-0.3, -0.25) is 4.79 Å². The van der Waals surface area contributed by atoms with Gasteiger partial charge >= 0.3 is 5.97 Å². The lowest BCUT2D eigenvalue weighted by Crippen LogP contribution is -2.12. The Labute approximate surface area is 78.2 Å². The highest BCUT2D eigenvalue weighted by Gasteiger charge is 2.11. The summed E-state index contributed by atoms with van der Waals surface area (Å²) in [7, 11) is 0. The molecule has 0 heterocycles. The van der Waals surface area contributed by atoms with Crippen LogP contribution in [0.1, 0.15) is 32.6 Å². The summed E-state index contributed by atoms with van der Waals surface area (Å²) in [5, 5.41) is 26.2. The lowest BCUT2D eigenvalue weighted by molar-refractivity contribution is -0.141. The van der Waals surface area contributed by atoms with Gasteiger partial charge in [0.15, 0.2) is 0 Å². The Morgan fingerprint density at radius 3 is 2.38 bits per heavy atom. The zero-order valence-corrected chi connectivity index (χ0v) is 7.94. The van der Waals surface area contributed by atoms with Gasteiger partial charge in [-0.15, -0.1) is 0 Å². The van der Waals surface area contributed by atoms with Crippen LogP contribution in [0.4, 0.5) is 0 Å². The first kappa shape index (κ1) is 12.4. The molecule has 0 aliphatic rings. The summed E-state index contributed by atoms with van der Waals surface area (Å²) in [5.41, 5.74) is 0. The topological polar surface area (TPSA) is 77.8 Å². The van der Waals surface area contributed by atoms with E-state index in [2.05, 4.69) is 0 Å². The molecule has 0 aromatic heterocycles. The molecule has 0 fully saturated rings. The number of carboxylic acid groups (broad SMARTS) is 1. The molecule has 2 unspecified atom stereocenters. The fraction of sp³-hybridized carbons (Fsp3) is 0.889. The van der Waals surface area contributed by atoms with Crippen molar-refractivity contribution < 1.29 is 20.1 Å². The molecule has 0 aliphatic heterocycles. The van der Waals surface area contributed by atoms with Gasteiger partial charge in [0, 0.05) is 6.61 Å². The molecule has 0 radical (unpaired) electrons. The molecule has 78 valence electrons. The van der Waals surface area contributed by atoms with Crippen molar-refractivity contribution in [3.05, 3.63) is 0 Å². The number of carboxylic acids is 1. The minimum atomic E-state index is -0.795. The number of carbonyl (C=O) groups is 1. The molecular weight excluding hydrogens is 172 g/mol. The van der Waals surface area contributed by atoms with Crippen LogP contribution in [0.25, 0.3) is 0 Å². The third-order valence-electron chi connectivity index (χ3n) is 2.06. The maximum atomic E-state index is 10.4. The highest BCUT2D eigenvalue weighted by molar-refractivity contribution is 5.69. The van der Waals surface area contributed by atoms with Gasteiger partial charge in [-0.05, 0) is 19.3 Å². The van der Waals surface area contributed by atoms with E-state index in [1.165, 1.54) is 0 Å². The molecule has 0 aliphatic carbocycles. The lowest BCUT2D eigenvalue weighted by Gasteiger charge is -2.09. The lowest BCUT2D eigenvalue weighted by atomic mass is 10.0. The first-order valence-corrected chi connectivity index (χ1v) is 4.59. The number of aliphatic hydroxyl groups excluding tert-OH is 2. The van der Waals surface area contributed by atoms with Crippen molar-refractivity contribution >= 4 is 5.97 Å². The zero-order chi connectivity index (χ0) is 10.3. The predicted octanol–water partition coefficient (Wildman–Crippen LogP) is 0.621. The molecule has 0 amide bonds. The van der Waals surface area contributed by atoms with E-state index in [1.54, 1.807) is 6.92 Å². The molecular formula is C9H18O4. The van der Waals surface area contributed by atoms with E-state index in [9.17, 15) is 9.90 Å². The minimum absolute atomic E-state index is 0.0182. The van der Waals surface area contributed by atoms with Gasteiger partial charge in [-0.2, -0.15) is 0 Å². The summed E-state index contributed by atoms with van der Waals surface area (Å²) in [4.78, 5) is 10.4. The Bertz CT molecular complexity index is 147. The summed E-state index contributed by atoms with van der Waals surface area (Å²) >= 11 is 0. The second-order valence-electron chi connectivity index (χ2n) is 3.34. The number of aliphatic carboxylic acids is 1. The second kappa shape index (κ2) is 6.86. The number of hydrogen-bond acceptors (Lipinski definition) is 3. The zero-order valence-electron chi connectivity index (χ0n) is 7.94. The highest BCUT2D eigenvalue weighted by Crippen LogP contribution is 2.10. The maximum absolute atomic E-state index is 10.4. The summed E-state index contributed by atoms with van der Waals surface area (Å²) in [6.45, 7) is 1.64. The van der Waals surface area contributed by atoms with Crippen molar-refractivity contribution in [1.29, 1.82) is 0 Å². The summed E-state index contributed by atoms with van der Waals surface area (Å²) < 4.78 is 0. The SMILES string of the molecule is CC(CCCC(O)CCO)C(=O)O. The van der Waals surface area contributed by atoms with Crippen LogP contribution in [-0.4, -0.2) is 34.0 Å². The van der Waals surface area contributed by atoms with Crippen LogP contribution in [0.3, 0.4) is 0 Å². The first-order valence-electron chi connectivity index (χ1n) is 4.59. The van der Waals surface area contributed by atoms with Crippen LogP contribution in [-0.2, 0) is 4.79 Å². The maximum Gasteiger partial charge on any atom is 0.306 e. The fourth-order valence-corrected chi connectivity index (χ4v) is 1.08. The Hall–Kier alpha value is -0.610. The Morgan fingerprint density at radius 1 is 1.31 bits per heavy atom. The predicted molar refractivity (Wildman–Crippen MR) is 48.4 cm³/mol. The van der Waals surface area contributed by atoms with Crippen LogP contribution < -0.4 is 0 Å². The monoisotopic (exact) mass is 190 g/mol. The highest BCUT2D eigenvalue weighted by atomic mass is 16.4. The normalized spacial score (nSPS) is 15.3. The number of hydrogen-bond donors (Lipinski definition) is 3. The largest absolute Gasteiger partial charge is 0.481 e. The van der Waals surface area contributed by atoms with E-state index >= 15 is 0 Å². The van der Waals surface area contributed by atoms with Crippen LogP contribution in [0.2, 0.25) is 0 Å². The van der Waals surface area contributed by atoms with E-state index < -0.39 is 12.1 Å². The van der Waals surface area contributed by atoms with Gasteiger partial charge in [-0.25, -0.2) is 0 Å². The Morgan fingerprint density at radius 2 is 1.92 bits per heavy atom. The third-order valence-corrected chi connectivity index (χ3v) is 2.06. The average Bonchev–Trinajstić information content (AvgIpc) is 2.04. The van der Waals surface area contributed by atoms with Crippen molar-refractivity contribution in [1.82, 2.24) is 0 Å². The van der Waals surface area contributed by atoms with Crippen LogP contribution >= 0.6 is 0 Å². The van der Waals surface area contributed by atoms with Gasteiger partial charge in [0.25, 0.3) is 0 Å². The van der Waals surface area contributed by atoms with Gasteiger partial charge in [-0.1, -0.05) is 13.3 Å². The molecule has 13 heavy (non-hydrogen) atoms. The standard InChI is InChI=1S/C9H18O4/c1-7(9(12)13)3-2-4-8(11)5-6-10/h7-8,10-11H,2-6H2,1H3,(H,12,13). The first-order chi connectivity index (χ1) is 6.07. The molecule has 0 aromatic rings. The van der Waals surface area contributed by atoms with Gasteiger partial charge in [0.1, 0.15) is 0 Å². The molecule has 0 rings (SSSR count). The molecule has 2 atom stereocenters. The average molecular weight is 190 g/mol. The van der Waals surface area contributed by atoms with E-state index in [0.717, 1.165) is 0 Å². The summed E-state index contributed by atoms with van der Waals surface area (Å²) in [6.07, 6.45) is 1.72. The Balaban J connectivity index is 3.39. The van der Waals surface area contributed by atoms with Crippen molar-refractivity contribution in [3.63, 3.8) is 0 Å². The smallest absolute Gasteiger partial charge is 0.306 e. The molecule has 4 heteroatoms. The van der Waals surface area contributed by atoms with E-state index in [-0.39, 0.29) is 12.5 Å². The molecule has 0 aromatic carbocycles. The molecule has 4 nitrogen and oxygen atoms in total. The summed E-state index contributed by atoms with van der Waals surface area (Å²) in [5.74, 6) is -1.14. The summed E-state index contributed by atoms with van der Waals surface area (Å²) in [6, 6.07) is 0. The van der Waals surface area contributed by atoms with Gasteiger partial charge in [0.2, 0.25) is 0 Å². The van der Waals surface area contributed by atoms with Crippen LogP contribution in [0, 0.1) is 5.92 Å². The molecule has 3 N–H and O–H groups in total. The Kier molecular flexibility index (Phi) is 6.54. The molecule has 0 saturated carbocycles. The number of rotatable bonds is 7. The fourth-order valence-electron chi connectivity index (χ4n) is 1.08. The molecule has 0 bridgehead atoms. The van der Waals surface area contributed by atoms with Crippen molar-refractivity contribution in [2.24, 2.45) is 5.92 Å². The van der Waals surface area contributed by atoms with E-state index in [1.807, 2.05) is 0 Å². The quantitative estimate of drug-likeness (QED) is 0.550. The molecule has 0 spiro atoms. The third kappa shape index (κ3) is 6.54. The van der Waals surface area contributed by atoms with Gasteiger partial charge < -0.3 is 15.3 Å². The second-order valence-corrected chi connectivity index (χ2v) is 3.34. The molecule has 0 saturated heterocycles. The van der Waals surface area contributed by atoms with Gasteiger partial charge in [0.05, 0.1) is 12.0 Å². The number of aliphatic hydroxyl groups is 2. The van der Waals surface area contributed by atoms with Crippen molar-refractivity contribution in [2.45, 2.75) is 38.7 Å². The van der Waals surface area contributed by atoms with Crippen molar-refractivity contribution in [2.75, 3.05) is 6.61 Å².